The molecule has 0 saturated carbocycles. The molecule has 1 aromatic rings. The van der Waals surface area contributed by atoms with Crippen LogP contribution >= 0.6 is 23.4 Å². The van der Waals surface area contributed by atoms with Crippen LogP contribution in [0.5, 0.6) is 0 Å². The molecule has 52 valence electrons. The highest BCUT2D eigenvalue weighted by atomic mass is 35.5. The summed E-state index contributed by atoms with van der Waals surface area (Å²) in [5.74, 6) is 0. The summed E-state index contributed by atoms with van der Waals surface area (Å²) in [5.41, 5.74) is 0. The molecule has 10 heavy (non-hydrogen) atoms. The molecule has 1 aromatic carbocycles. The van der Waals surface area contributed by atoms with Gasteiger partial charge < -0.3 is 0 Å². The van der Waals surface area contributed by atoms with E-state index in [0.717, 1.165) is 5.02 Å². The molecule has 2 heteroatoms. The van der Waals surface area contributed by atoms with E-state index in [-0.39, 0.29) is 0 Å². The smallest absolute Gasteiger partial charge is 0.0406 e. The van der Waals surface area contributed by atoms with E-state index in [4.69, 9.17) is 11.6 Å². The molecule has 0 bridgehead atoms. The van der Waals surface area contributed by atoms with Gasteiger partial charge in [-0.25, -0.2) is 0 Å². The van der Waals surface area contributed by atoms with E-state index < -0.39 is 0 Å². The van der Waals surface area contributed by atoms with Crippen molar-refractivity contribution in [2.24, 2.45) is 0 Å². The van der Waals surface area contributed by atoms with Gasteiger partial charge in [-0.1, -0.05) is 29.9 Å². The second-order valence-corrected chi connectivity index (χ2v) is 3.22. The summed E-state index contributed by atoms with van der Waals surface area (Å²) in [5, 5.41) is 2.57. The Balaban J connectivity index is 2.78. The van der Waals surface area contributed by atoms with Crippen LogP contribution in [0.4, 0.5) is 0 Å². The van der Waals surface area contributed by atoms with Gasteiger partial charge in [0, 0.05) is 9.92 Å². The number of halogens is 1. The Bertz CT molecular complexity index is 215. The van der Waals surface area contributed by atoms with E-state index in [1.54, 1.807) is 17.2 Å². The summed E-state index contributed by atoms with van der Waals surface area (Å²) in [6, 6.07) is 7.67. The van der Waals surface area contributed by atoms with Crippen molar-refractivity contribution in [3.63, 3.8) is 0 Å². The summed E-state index contributed by atoms with van der Waals surface area (Å²) >= 11 is 7.27. The molecule has 0 nitrogen and oxygen atoms in total. The van der Waals surface area contributed by atoms with Crippen LogP contribution < -0.4 is 0 Å². The van der Waals surface area contributed by atoms with Gasteiger partial charge in [-0.3, -0.25) is 0 Å². The molecule has 0 radical (unpaired) electrons. The Kier molecular flexibility index (Phi) is 2.84. The molecule has 1 rings (SSSR count). The predicted molar refractivity (Wildman–Crippen MR) is 47.5 cm³/mol. The second kappa shape index (κ2) is 3.69. The molecular weight excluding hydrogens is 164 g/mol. The van der Waals surface area contributed by atoms with Gasteiger partial charge in [0.05, 0.1) is 0 Å². The number of hydrogen-bond acceptors (Lipinski definition) is 1. The van der Waals surface area contributed by atoms with Gasteiger partial charge in [-0.15, -0.1) is 0 Å². The summed E-state index contributed by atoms with van der Waals surface area (Å²) in [7, 11) is 0. The quantitative estimate of drug-likeness (QED) is 0.612. The molecule has 0 atom stereocenters. The predicted octanol–water partition coefficient (Wildman–Crippen LogP) is 3.58. The fraction of sp³-hybridized carbons (Fsp3) is 0. The largest absolute Gasteiger partial charge is 0.0987 e. The highest BCUT2D eigenvalue weighted by Gasteiger charge is 1.88. The monoisotopic (exact) mass is 170 g/mol. The molecule has 0 aliphatic carbocycles. The molecular formula is C8H7ClS. The van der Waals surface area contributed by atoms with Gasteiger partial charge in [0.25, 0.3) is 0 Å². The van der Waals surface area contributed by atoms with Crippen LogP contribution in [-0.4, -0.2) is 0 Å². The summed E-state index contributed by atoms with van der Waals surface area (Å²) in [6.45, 7) is 3.61. The molecule has 0 fully saturated rings. The maximum atomic E-state index is 5.68. The van der Waals surface area contributed by atoms with E-state index in [0.29, 0.717) is 0 Å². The summed E-state index contributed by atoms with van der Waals surface area (Å²) in [4.78, 5) is 1.17. The number of hydrogen-bond donors (Lipinski definition) is 0. The summed E-state index contributed by atoms with van der Waals surface area (Å²) < 4.78 is 0. The van der Waals surface area contributed by atoms with E-state index in [2.05, 4.69) is 6.58 Å². The molecule has 0 N–H and O–H groups in total. The lowest BCUT2D eigenvalue weighted by molar-refractivity contribution is 1.47. The van der Waals surface area contributed by atoms with Crippen LogP contribution in [0.2, 0.25) is 5.02 Å². The number of thioether (sulfide) groups is 1. The molecule has 0 heterocycles. The molecule has 0 aromatic heterocycles. The van der Waals surface area contributed by atoms with Crippen molar-refractivity contribution in [3.8, 4) is 0 Å². The molecule has 0 aliphatic rings. The van der Waals surface area contributed by atoms with Crippen molar-refractivity contribution in [2.75, 3.05) is 0 Å². The Labute approximate surface area is 69.9 Å². The van der Waals surface area contributed by atoms with Crippen LogP contribution in [0.3, 0.4) is 0 Å². The minimum Gasteiger partial charge on any atom is -0.0987 e. The highest BCUT2D eigenvalue weighted by Crippen LogP contribution is 2.20. The fourth-order valence-electron chi connectivity index (χ4n) is 0.609. The first-order chi connectivity index (χ1) is 4.83. The SMILES string of the molecule is C=CSc1ccc(Cl)cc1. The van der Waals surface area contributed by atoms with Crippen LogP contribution in [-0.2, 0) is 0 Å². The maximum absolute atomic E-state index is 5.68. The van der Waals surface area contributed by atoms with Gasteiger partial charge in [-0.2, -0.15) is 0 Å². The normalized spacial score (nSPS) is 9.30. The van der Waals surface area contributed by atoms with Gasteiger partial charge in [0.15, 0.2) is 0 Å². The molecule has 0 aliphatic heterocycles. The molecule has 0 unspecified atom stereocenters. The zero-order valence-corrected chi connectivity index (χ0v) is 6.95. The Morgan fingerprint density at radius 2 is 1.90 bits per heavy atom. The first-order valence-corrected chi connectivity index (χ1v) is 4.12. The zero-order chi connectivity index (χ0) is 7.40. The highest BCUT2D eigenvalue weighted by molar-refractivity contribution is 8.02. The van der Waals surface area contributed by atoms with Gasteiger partial charge in [-0.05, 0) is 29.7 Å². The molecule has 0 spiro atoms. The van der Waals surface area contributed by atoms with Gasteiger partial charge in [0.2, 0.25) is 0 Å². The van der Waals surface area contributed by atoms with Crippen molar-refractivity contribution >= 4 is 23.4 Å². The minimum atomic E-state index is 0.772. The lowest BCUT2D eigenvalue weighted by Gasteiger charge is -1.93. The molecule has 0 saturated heterocycles. The lowest BCUT2D eigenvalue weighted by Crippen LogP contribution is -1.65. The van der Waals surface area contributed by atoms with Crippen molar-refractivity contribution in [1.29, 1.82) is 0 Å². The Morgan fingerprint density at radius 3 is 2.40 bits per heavy atom. The van der Waals surface area contributed by atoms with Crippen LogP contribution in [0, 0.1) is 0 Å². The van der Waals surface area contributed by atoms with Crippen molar-refractivity contribution < 1.29 is 0 Å². The third-order valence-corrected chi connectivity index (χ3v) is 2.00. The van der Waals surface area contributed by atoms with Crippen molar-refractivity contribution in [3.05, 3.63) is 41.3 Å². The van der Waals surface area contributed by atoms with Crippen LogP contribution in [0.1, 0.15) is 0 Å². The molecule has 0 amide bonds. The second-order valence-electron chi connectivity index (χ2n) is 1.74. The first kappa shape index (κ1) is 7.70. The number of benzene rings is 1. The van der Waals surface area contributed by atoms with Crippen molar-refractivity contribution in [2.45, 2.75) is 4.90 Å². The Hall–Kier alpha value is -0.400. The summed E-state index contributed by atoms with van der Waals surface area (Å²) in [6.07, 6.45) is 0. The third kappa shape index (κ3) is 2.09. The van der Waals surface area contributed by atoms with Crippen LogP contribution in [0.15, 0.2) is 41.1 Å². The third-order valence-electron chi connectivity index (χ3n) is 1.03. The first-order valence-electron chi connectivity index (χ1n) is 2.86. The van der Waals surface area contributed by atoms with E-state index in [9.17, 15) is 0 Å². The topological polar surface area (TPSA) is 0 Å². The number of rotatable bonds is 2. The van der Waals surface area contributed by atoms with E-state index in [1.807, 2.05) is 24.3 Å². The fourth-order valence-corrected chi connectivity index (χ4v) is 1.22. The van der Waals surface area contributed by atoms with E-state index >= 15 is 0 Å². The van der Waals surface area contributed by atoms with Crippen molar-refractivity contribution in [1.82, 2.24) is 0 Å². The standard InChI is InChI=1S/C8H7ClS/c1-2-10-8-5-3-7(9)4-6-8/h2-6H,1H2. The lowest BCUT2D eigenvalue weighted by atomic mass is 10.4. The Morgan fingerprint density at radius 1 is 1.30 bits per heavy atom. The van der Waals surface area contributed by atoms with E-state index in [1.165, 1.54) is 4.90 Å². The van der Waals surface area contributed by atoms with Gasteiger partial charge >= 0.3 is 0 Å². The van der Waals surface area contributed by atoms with Crippen LogP contribution in [0.25, 0.3) is 0 Å². The average Bonchev–Trinajstić information content (AvgIpc) is 1.95. The van der Waals surface area contributed by atoms with Gasteiger partial charge in [0.1, 0.15) is 0 Å². The zero-order valence-electron chi connectivity index (χ0n) is 5.38. The maximum Gasteiger partial charge on any atom is 0.0406 e. The minimum absolute atomic E-state index is 0.772. The average molecular weight is 171 g/mol.